The number of aromatic carboxylic acids is 1. The number of aryl methyl sites for hydroxylation is 1. The first-order chi connectivity index (χ1) is 9.95. The molecular formula is C13H11BrN2O5. The van der Waals surface area contributed by atoms with Crippen molar-refractivity contribution in [2.24, 2.45) is 0 Å². The van der Waals surface area contributed by atoms with Crippen LogP contribution >= 0.6 is 15.9 Å². The van der Waals surface area contributed by atoms with Gasteiger partial charge in [0.05, 0.1) is 11.3 Å². The summed E-state index contributed by atoms with van der Waals surface area (Å²) in [6, 6.07) is 5.85. The third-order valence-corrected chi connectivity index (χ3v) is 3.10. The lowest BCUT2D eigenvalue weighted by Crippen LogP contribution is -2.20. The van der Waals surface area contributed by atoms with Crippen LogP contribution in [0.4, 0.5) is 5.69 Å². The third kappa shape index (κ3) is 4.06. The molecule has 0 aliphatic rings. The Morgan fingerprint density at radius 2 is 2.19 bits per heavy atom. The number of carbonyl (C=O) groups excluding carboxylic acids is 1. The molecule has 2 N–H and O–H groups in total. The van der Waals surface area contributed by atoms with Crippen molar-refractivity contribution >= 4 is 33.5 Å². The van der Waals surface area contributed by atoms with Crippen LogP contribution in [0.2, 0.25) is 0 Å². The number of nitrogens with zero attached hydrogens (tertiary/aromatic N) is 1. The third-order valence-electron chi connectivity index (χ3n) is 2.45. The predicted octanol–water partition coefficient (Wildman–Crippen LogP) is 2.46. The average molecular weight is 355 g/mol. The summed E-state index contributed by atoms with van der Waals surface area (Å²) < 4.78 is 10.4. The van der Waals surface area contributed by atoms with E-state index >= 15 is 0 Å². The van der Waals surface area contributed by atoms with Gasteiger partial charge < -0.3 is 19.7 Å². The molecule has 0 saturated heterocycles. The molecule has 0 atom stereocenters. The van der Waals surface area contributed by atoms with Crippen LogP contribution in [0.15, 0.2) is 33.3 Å². The maximum absolute atomic E-state index is 11.7. The van der Waals surface area contributed by atoms with E-state index < -0.39 is 11.9 Å². The number of rotatable bonds is 5. The fourth-order valence-corrected chi connectivity index (χ4v) is 1.96. The number of benzene rings is 1. The number of nitrogens with one attached hydrogen (secondary N) is 1. The first-order valence-corrected chi connectivity index (χ1v) is 6.64. The molecule has 1 aromatic heterocycles. The number of ether oxygens (including phenoxy) is 1. The first-order valence-electron chi connectivity index (χ1n) is 5.84. The Kier molecular flexibility index (Phi) is 4.59. The molecule has 0 saturated carbocycles. The average Bonchev–Trinajstić information content (AvgIpc) is 2.84. The summed E-state index contributed by atoms with van der Waals surface area (Å²) in [6.07, 6.45) is 0. The molecule has 0 aliphatic heterocycles. The first kappa shape index (κ1) is 15.0. The van der Waals surface area contributed by atoms with E-state index in [-0.39, 0.29) is 18.1 Å². The Labute approximate surface area is 128 Å². The van der Waals surface area contributed by atoms with Gasteiger partial charge in [-0.2, -0.15) is 0 Å². The van der Waals surface area contributed by atoms with Gasteiger partial charge in [0.1, 0.15) is 5.76 Å². The Hall–Kier alpha value is -2.35. The minimum absolute atomic E-state index is 0.120. The van der Waals surface area contributed by atoms with Crippen molar-refractivity contribution in [3.8, 4) is 5.88 Å². The minimum Gasteiger partial charge on any atom is -0.478 e. The Morgan fingerprint density at radius 1 is 1.43 bits per heavy atom. The second-order valence-corrected chi connectivity index (χ2v) is 4.97. The molecule has 0 bridgehead atoms. The van der Waals surface area contributed by atoms with Gasteiger partial charge >= 0.3 is 5.97 Å². The molecule has 7 nitrogen and oxygen atoms in total. The number of hydrogen-bond donors (Lipinski definition) is 2. The zero-order valence-corrected chi connectivity index (χ0v) is 12.5. The molecule has 0 aliphatic carbocycles. The number of amides is 1. The summed E-state index contributed by atoms with van der Waals surface area (Å²) in [5, 5.41) is 15.0. The van der Waals surface area contributed by atoms with Crippen molar-refractivity contribution in [1.82, 2.24) is 5.16 Å². The molecule has 0 unspecified atom stereocenters. The SMILES string of the molecule is Cc1cc(OCC(=O)Nc2ccc(C(=O)O)cc2Br)no1. The second kappa shape index (κ2) is 6.40. The van der Waals surface area contributed by atoms with E-state index in [0.29, 0.717) is 15.9 Å². The second-order valence-electron chi connectivity index (χ2n) is 4.11. The smallest absolute Gasteiger partial charge is 0.335 e. The fraction of sp³-hybridized carbons (Fsp3) is 0.154. The van der Waals surface area contributed by atoms with E-state index in [0.717, 1.165) is 0 Å². The molecule has 2 aromatic rings. The molecule has 21 heavy (non-hydrogen) atoms. The quantitative estimate of drug-likeness (QED) is 0.854. The standard InChI is InChI=1S/C13H11BrN2O5/c1-7-4-12(16-21-7)20-6-11(17)15-10-3-2-8(13(18)19)5-9(10)14/h2-5H,6H2,1H3,(H,15,17)(H,18,19). The van der Waals surface area contributed by atoms with Crippen molar-refractivity contribution in [2.45, 2.75) is 6.92 Å². The number of halogens is 1. The molecule has 0 fully saturated rings. The zero-order chi connectivity index (χ0) is 15.4. The van der Waals surface area contributed by atoms with Gasteiger partial charge in [-0.3, -0.25) is 4.79 Å². The number of carboxylic acids is 1. The van der Waals surface area contributed by atoms with Crippen LogP contribution in [0.25, 0.3) is 0 Å². The van der Waals surface area contributed by atoms with Crippen LogP contribution in [0.5, 0.6) is 5.88 Å². The summed E-state index contributed by atoms with van der Waals surface area (Å²) in [5.74, 6) is -0.641. The topological polar surface area (TPSA) is 102 Å². The molecule has 8 heteroatoms. The number of anilines is 1. The summed E-state index contributed by atoms with van der Waals surface area (Å²) in [5.41, 5.74) is 0.569. The molecule has 0 spiro atoms. The van der Waals surface area contributed by atoms with Gasteiger partial charge in [-0.25, -0.2) is 4.79 Å². The Balaban J connectivity index is 1.94. The molecule has 2 rings (SSSR count). The van der Waals surface area contributed by atoms with Crippen molar-refractivity contribution in [1.29, 1.82) is 0 Å². The van der Waals surface area contributed by atoms with E-state index in [2.05, 4.69) is 26.4 Å². The molecular weight excluding hydrogens is 344 g/mol. The number of hydrogen-bond acceptors (Lipinski definition) is 5. The van der Waals surface area contributed by atoms with Gasteiger partial charge in [-0.15, -0.1) is 0 Å². The summed E-state index contributed by atoms with van der Waals surface area (Å²) in [6.45, 7) is 1.47. The van der Waals surface area contributed by atoms with Gasteiger partial charge in [-0.05, 0) is 46.2 Å². The largest absolute Gasteiger partial charge is 0.478 e. The molecule has 0 radical (unpaired) electrons. The predicted molar refractivity (Wildman–Crippen MR) is 76.5 cm³/mol. The van der Waals surface area contributed by atoms with Crippen molar-refractivity contribution in [2.75, 3.05) is 11.9 Å². The number of carboxylic acid groups (broad SMARTS) is 1. The maximum atomic E-state index is 11.7. The summed E-state index contributed by atoms with van der Waals surface area (Å²) >= 11 is 3.20. The Morgan fingerprint density at radius 3 is 2.76 bits per heavy atom. The van der Waals surface area contributed by atoms with Crippen molar-refractivity contribution in [3.63, 3.8) is 0 Å². The van der Waals surface area contributed by atoms with E-state index in [9.17, 15) is 9.59 Å². The van der Waals surface area contributed by atoms with E-state index in [1.54, 1.807) is 13.0 Å². The number of aromatic nitrogens is 1. The summed E-state index contributed by atoms with van der Waals surface area (Å²) in [7, 11) is 0. The maximum Gasteiger partial charge on any atom is 0.335 e. The minimum atomic E-state index is -1.04. The van der Waals surface area contributed by atoms with Crippen molar-refractivity contribution in [3.05, 3.63) is 40.1 Å². The van der Waals surface area contributed by atoms with Gasteiger partial charge in [-0.1, -0.05) is 0 Å². The fourth-order valence-electron chi connectivity index (χ4n) is 1.49. The normalized spacial score (nSPS) is 10.2. The van der Waals surface area contributed by atoms with E-state index in [1.807, 2.05) is 0 Å². The van der Waals surface area contributed by atoms with Crippen LogP contribution in [-0.4, -0.2) is 28.7 Å². The van der Waals surface area contributed by atoms with Crippen LogP contribution in [0.3, 0.4) is 0 Å². The van der Waals surface area contributed by atoms with E-state index in [4.69, 9.17) is 14.4 Å². The zero-order valence-electron chi connectivity index (χ0n) is 10.9. The van der Waals surface area contributed by atoms with Gasteiger partial charge in [0.2, 0.25) is 0 Å². The highest BCUT2D eigenvalue weighted by atomic mass is 79.9. The lowest BCUT2D eigenvalue weighted by molar-refractivity contribution is -0.118. The highest BCUT2D eigenvalue weighted by molar-refractivity contribution is 9.10. The lowest BCUT2D eigenvalue weighted by Gasteiger charge is -2.08. The van der Waals surface area contributed by atoms with Gasteiger partial charge in [0, 0.05) is 10.5 Å². The lowest BCUT2D eigenvalue weighted by atomic mass is 10.2. The molecule has 1 heterocycles. The van der Waals surface area contributed by atoms with Crippen LogP contribution in [0, 0.1) is 6.92 Å². The van der Waals surface area contributed by atoms with Gasteiger partial charge in [0.25, 0.3) is 11.8 Å². The molecule has 1 amide bonds. The van der Waals surface area contributed by atoms with Crippen LogP contribution in [0.1, 0.15) is 16.1 Å². The molecule has 110 valence electrons. The number of carbonyl (C=O) groups is 2. The highest BCUT2D eigenvalue weighted by Crippen LogP contribution is 2.23. The highest BCUT2D eigenvalue weighted by Gasteiger charge is 2.10. The van der Waals surface area contributed by atoms with Crippen molar-refractivity contribution < 1.29 is 24.0 Å². The molecule has 1 aromatic carbocycles. The summed E-state index contributed by atoms with van der Waals surface area (Å²) in [4.78, 5) is 22.5. The Bertz CT molecular complexity index is 683. The van der Waals surface area contributed by atoms with Gasteiger partial charge in [0.15, 0.2) is 6.61 Å². The van der Waals surface area contributed by atoms with Crippen LogP contribution < -0.4 is 10.1 Å². The van der Waals surface area contributed by atoms with E-state index in [1.165, 1.54) is 18.2 Å². The van der Waals surface area contributed by atoms with Crippen LogP contribution in [-0.2, 0) is 4.79 Å². The monoisotopic (exact) mass is 354 g/mol.